The van der Waals surface area contributed by atoms with Gasteiger partial charge in [0.05, 0.1) is 4.99 Å². The molecule has 0 saturated heterocycles. The normalized spacial score (nSPS) is 18.2. The molecule has 1 nitrogen and oxygen atoms in total. The van der Waals surface area contributed by atoms with E-state index in [1.807, 2.05) is 12.1 Å². The standard InChI is InChI=1S/C10H10BrNS/c11-8-3-1-2-7(6-8)10(4-5-10)9(12)13/h1-3,6H,4-5H2,(H2,12,13). The molecule has 0 amide bonds. The van der Waals surface area contributed by atoms with E-state index >= 15 is 0 Å². The molecule has 1 fully saturated rings. The highest BCUT2D eigenvalue weighted by molar-refractivity contribution is 9.10. The van der Waals surface area contributed by atoms with Crippen LogP contribution in [0.3, 0.4) is 0 Å². The van der Waals surface area contributed by atoms with Crippen molar-refractivity contribution in [3.8, 4) is 0 Å². The Morgan fingerprint density at radius 3 is 2.62 bits per heavy atom. The second kappa shape index (κ2) is 3.07. The molecule has 2 N–H and O–H groups in total. The summed E-state index contributed by atoms with van der Waals surface area (Å²) in [6, 6.07) is 8.24. The van der Waals surface area contributed by atoms with E-state index in [-0.39, 0.29) is 5.41 Å². The van der Waals surface area contributed by atoms with Crippen molar-refractivity contribution in [3.63, 3.8) is 0 Å². The van der Waals surface area contributed by atoms with Crippen molar-refractivity contribution in [1.29, 1.82) is 0 Å². The van der Waals surface area contributed by atoms with E-state index in [0.717, 1.165) is 17.3 Å². The second-order valence-corrected chi connectivity index (χ2v) is 4.81. The molecule has 1 aromatic carbocycles. The molecule has 0 bridgehead atoms. The Bertz CT molecular complexity index is 358. The molecule has 68 valence electrons. The lowest BCUT2D eigenvalue weighted by Gasteiger charge is -2.13. The first-order chi connectivity index (χ1) is 6.15. The van der Waals surface area contributed by atoms with Crippen LogP contribution in [0.5, 0.6) is 0 Å². The van der Waals surface area contributed by atoms with Gasteiger partial charge in [0.15, 0.2) is 0 Å². The predicted octanol–water partition coefficient (Wildman–Crippen LogP) is 2.77. The maximum absolute atomic E-state index is 5.73. The van der Waals surface area contributed by atoms with Crippen LogP contribution in [0, 0.1) is 0 Å². The molecule has 1 aliphatic rings. The van der Waals surface area contributed by atoms with E-state index in [1.54, 1.807) is 0 Å². The van der Waals surface area contributed by atoms with Crippen LogP contribution >= 0.6 is 28.1 Å². The van der Waals surface area contributed by atoms with Gasteiger partial charge in [-0.25, -0.2) is 0 Å². The summed E-state index contributed by atoms with van der Waals surface area (Å²) in [5.41, 5.74) is 6.99. The average molecular weight is 256 g/mol. The monoisotopic (exact) mass is 255 g/mol. The minimum atomic E-state index is 0.0130. The van der Waals surface area contributed by atoms with Crippen LogP contribution in [0.15, 0.2) is 28.7 Å². The highest BCUT2D eigenvalue weighted by atomic mass is 79.9. The van der Waals surface area contributed by atoms with Gasteiger partial charge in [-0.05, 0) is 30.5 Å². The number of nitrogens with two attached hydrogens (primary N) is 1. The summed E-state index contributed by atoms with van der Waals surface area (Å²) >= 11 is 8.53. The van der Waals surface area contributed by atoms with Gasteiger partial charge in [0.2, 0.25) is 0 Å². The molecule has 0 aromatic heterocycles. The third kappa shape index (κ3) is 1.51. The van der Waals surface area contributed by atoms with Crippen LogP contribution in [0.1, 0.15) is 18.4 Å². The third-order valence-corrected chi connectivity index (χ3v) is 3.48. The lowest BCUT2D eigenvalue weighted by Crippen LogP contribution is -2.26. The first-order valence-corrected chi connectivity index (χ1v) is 5.41. The third-order valence-electron chi connectivity index (χ3n) is 2.60. The van der Waals surface area contributed by atoms with Crippen LogP contribution < -0.4 is 5.73 Å². The van der Waals surface area contributed by atoms with Crippen LogP contribution in [-0.2, 0) is 5.41 Å². The molecule has 13 heavy (non-hydrogen) atoms. The number of hydrogen-bond donors (Lipinski definition) is 1. The summed E-state index contributed by atoms with van der Waals surface area (Å²) in [5, 5.41) is 0. The molecule has 0 unspecified atom stereocenters. The topological polar surface area (TPSA) is 26.0 Å². The molecule has 3 heteroatoms. The Morgan fingerprint density at radius 2 is 2.15 bits per heavy atom. The van der Waals surface area contributed by atoms with Gasteiger partial charge < -0.3 is 5.73 Å². The fourth-order valence-electron chi connectivity index (χ4n) is 1.59. The van der Waals surface area contributed by atoms with Gasteiger partial charge in [-0.15, -0.1) is 0 Å². The van der Waals surface area contributed by atoms with Crippen LogP contribution in [0.25, 0.3) is 0 Å². The molecule has 2 rings (SSSR count). The number of rotatable bonds is 2. The lowest BCUT2D eigenvalue weighted by atomic mass is 9.96. The fraction of sp³-hybridized carbons (Fsp3) is 0.300. The molecule has 0 aliphatic heterocycles. The Kier molecular flexibility index (Phi) is 2.16. The van der Waals surface area contributed by atoms with E-state index < -0.39 is 0 Å². The smallest absolute Gasteiger partial charge is 0.0834 e. The van der Waals surface area contributed by atoms with Gasteiger partial charge in [0.1, 0.15) is 0 Å². The van der Waals surface area contributed by atoms with Crippen LogP contribution in [0.2, 0.25) is 0 Å². The SMILES string of the molecule is NC(=S)C1(c2cccc(Br)c2)CC1. The van der Waals surface area contributed by atoms with E-state index in [0.29, 0.717) is 4.99 Å². The second-order valence-electron chi connectivity index (χ2n) is 3.46. The summed E-state index contributed by atoms with van der Waals surface area (Å²) in [4.78, 5) is 0.630. The van der Waals surface area contributed by atoms with Crippen molar-refractivity contribution in [2.45, 2.75) is 18.3 Å². The highest BCUT2D eigenvalue weighted by Gasteiger charge is 2.47. The van der Waals surface area contributed by atoms with Crippen molar-refractivity contribution < 1.29 is 0 Å². The van der Waals surface area contributed by atoms with Gasteiger partial charge in [-0.2, -0.15) is 0 Å². The quantitative estimate of drug-likeness (QED) is 0.823. The number of benzene rings is 1. The van der Waals surface area contributed by atoms with E-state index in [9.17, 15) is 0 Å². The molecular formula is C10H10BrNS. The minimum Gasteiger partial charge on any atom is -0.393 e. The number of halogens is 1. The van der Waals surface area contributed by atoms with Crippen molar-refractivity contribution in [3.05, 3.63) is 34.3 Å². The zero-order valence-corrected chi connectivity index (χ0v) is 9.49. The molecular weight excluding hydrogens is 246 g/mol. The van der Waals surface area contributed by atoms with Gasteiger partial charge >= 0.3 is 0 Å². The predicted molar refractivity (Wildman–Crippen MR) is 61.8 cm³/mol. The van der Waals surface area contributed by atoms with E-state index in [2.05, 4.69) is 28.1 Å². The number of hydrogen-bond acceptors (Lipinski definition) is 1. The van der Waals surface area contributed by atoms with E-state index in [4.69, 9.17) is 18.0 Å². The summed E-state index contributed by atoms with van der Waals surface area (Å²) < 4.78 is 1.09. The first-order valence-electron chi connectivity index (χ1n) is 4.21. The fourth-order valence-corrected chi connectivity index (χ4v) is 2.31. The molecule has 0 spiro atoms. The van der Waals surface area contributed by atoms with Crippen molar-refractivity contribution in [2.75, 3.05) is 0 Å². The Hall–Kier alpha value is -0.410. The highest BCUT2D eigenvalue weighted by Crippen LogP contribution is 2.48. The Labute approximate surface area is 91.5 Å². The molecule has 0 heterocycles. The molecule has 0 atom stereocenters. The maximum atomic E-state index is 5.73. The zero-order chi connectivity index (χ0) is 9.47. The molecule has 1 aromatic rings. The average Bonchev–Trinajstić information content (AvgIpc) is 2.83. The van der Waals surface area contributed by atoms with Crippen LogP contribution in [0.4, 0.5) is 0 Å². The lowest BCUT2D eigenvalue weighted by molar-refractivity contribution is 0.953. The number of thiocarbonyl (C=S) groups is 1. The van der Waals surface area contributed by atoms with Gasteiger partial charge in [0, 0.05) is 9.89 Å². The molecule has 0 radical (unpaired) electrons. The van der Waals surface area contributed by atoms with Crippen molar-refractivity contribution in [1.82, 2.24) is 0 Å². The van der Waals surface area contributed by atoms with Crippen molar-refractivity contribution >= 4 is 33.1 Å². The Balaban J connectivity index is 2.41. The van der Waals surface area contributed by atoms with Gasteiger partial charge in [0.25, 0.3) is 0 Å². The minimum absolute atomic E-state index is 0.0130. The molecule has 1 saturated carbocycles. The summed E-state index contributed by atoms with van der Waals surface area (Å²) in [6.45, 7) is 0. The zero-order valence-electron chi connectivity index (χ0n) is 7.09. The summed E-state index contributed by atoms with van der Waals surface area (Å²) in [7, 11) is 0. The largest absolute Gasteiger partial charge is 0.393 e. The van der Waals surface area contributed by atoms with Gasteiger partial charge in [-0.1, -0.05) is 40.3 Å². The van der Waals surface area contributed by atoms with Crippen molar-refractivity contribution in [2.24, 2.45) is 5.73 Å². The maximum Gasteiger partial charge on any atom is 0.0834 e. The van der Waals surface area contributed by atoms with Crippen LogP contribution in [-0.4, -0.2) is 4.99 Å². The first kappa shape index (κ1) is 9.16. The Morgan fingerprint density at radius 1 is 1.46 bits per heavy atom. The van der Waals surface area contributed by atoms with Gasteiger partial charge in [-0.3, -0.25) is 0 Å². The summed E-state index contributed by atoms with van der Waals surface area (Å²) in [6.07, 6.45) is 2.19. The summed E-state index contributed by atoms with van der Waals surface area (Å²) in [5.74, 6) is 0. The molecule has 1 aliphatic carbocycles. The van der Waals surface area contributed by atoms with E-state index in [1.165, 1.54) is 5.56 Å².